The lowest BCUT2D eigenvalue weighted by Gasteiger charge is -2.12. The van der Waals surface area contributed by atoms with E-state index in [4.69, 9.17) is 4.98 Å². The maximum atomic E-state index is 14.0. The Morgan fingerprint density at radius 2 is 1.78 bits per heavy atom. The molecule has 0 spiro atoms. The van der Waals surface area contributed by atoms with Gasteiger partial charge in [0.2, 0.25) is 0 Å². The van der Waals surface area contributed by atoms with Crippen LogP contribution in [0.5, 0.6) is 0 Å². The van der Waals surface area contributed by atoms with Gasteiger partial charge in [-0.3, -0.25) is 9.97 Å². The zero-order chi connectivity index (χ0) is 18.5. The molecule has 0 bridgehead atoms. The van der Waals surface area contributed by atoms with Gasteiger partial charge in [0.15, 0.2) is 0 Å². The number of halogens is 1. The molecule has 5 rings (SSSR count). The minimum absolute atomic E-state index is 0.175. The van der Waals surface area contributed by atoms with Crippen LogP contribution in [0.25, 0.3) is 33.5 Å². The van der Waals surface area contributed by atoms with Crippen LogP contribution in [0.2, 0.25) is 0 Å². The molecule has 0 saturated heterocycles. The van der Waals surface area contributed by atoms with Crippen molar-refractivity contribution in [3.8, 4) is 22.5 Å². The fourth-order valence-corrected chi connectivity index (χ4v) is 3.95. The van der Waals surface area contributed by atoms with Gasteiger partial charge in [0, 0.05) is 36.5 Å². The molecule has 1 aliphatic rings. The highest BCUT2D eigenvalue weighted by atomic mass is 19.1. The second-order valence-electron chi connectivity index (χ2n) is 7.16. The third-order valence-electron chi connectivity index (χ3n) is 5.33. The van der Waals surface area contributed by atoms with E-state index in [1.165, 1.54) is 0 Å². The number of aryl methyl sites for hydroxylation is 3. The Kier molecular flexibility index (Phi) is 3.57. The number of rotatable bonds is 2. The smallest absolute Gasteiger partial charge is 0.126 e. The first-order chi connectivity index (χ1) is 13.1. The van der Waals surface area contributed by atoms with Crippen LogP contribution in [0.4, 0.5) is 4.39 Å². The highest BCUT2D eigenvalue weighted by molar-refractivity contribution is 5.86. The molecule has 5 heteroatoms. The summed E-state index contributed by atoms with van der Waals surface area (Å²) in [5, 5.41) is 0. The first kappa shape index (κ1) is 16.1. The van der Waals surface area contributed by atoms with E-state index >= 15 is 0 Å². The van der Waals surface area contributed by atoms with Crippen molar-refractivity contribution >= 4 is 11.0 Å². The fraction of sp³-hybridized carbons (Fsp3) is 0.227. The molecule has 0 amide bonds. The van der Waals surface area contributed by atoms with Gasteiger partial charge in [0.25, 0.3) is 0 Å². The summed E-state index contributed by atoms with van der Waals surface area (Å²) in [6, 6.07) is 9.66. The number of hydrogen-bond donors (Lipinski definition) is 0. The molecule has 0 aliphatic carbocycles. The summed E-state index contributed by atoms with van der Waals surface area (Å²) in [7, 11) is 0. The molecule has 2 aromatic carbocycles. The van der Waals surface area contributed by atoms with Gasteiger partial charge in [-0.15, -0.1) is 0 Å². The molecule has 1 aliphatic heterocycles. The lowest BCUT2D eigenvalue weighted by atomic mass is 9.98. The largest absolute Gasteiger partial charge is 0.327 e. The van der Waals surface area contributed by atoms with Crippen molar-refractivity contribution in [1.29, 1.82) is 0 Å². The van der Waals surface area contributed by atoms with Crippen LogP contribution in [0, 0.1) is 19.7 Å². The Labute approximate surface area is 156 Å². The molecule has 0 atom stereocenters. The molecular formula is C22H19FN4. The highest BCUT2D eigenvalue weighted by Crippen LogP contribution is 2.38. The van der Waals surface area contributed by atoms with Gasteiger partial charge >= 0.3 is 0 Å². The number of imidazole rings is 1. The zero-order valence-electron chi connectivity index (χ0n) is 15.3. The Bertz CT molecular complexity index is 1190. The second-order valence-corrected chi connectivity index (χ2v) is 7.16. The Morgan fingerprint density at radius 3 is 2.63 bits per heavy atom. The van der Waals surface area contributed by atoms with Crippen molar-refractivity contribution in [2.75, 3.05) is 0 Å². The van der Waals surface area contributed by atoms with Gasteiger partial charge in [0.1, 0.15) is 11.6 Å². The normalized spacial score (nSPS) is 13.3. The predicted octanol–water partition coefficient (Wildman–Crippen LogP) is 4.86. The summed E-state index contributed by atoms with van der Waals surface area (Å²) < 4.78 is 16.3. The molecule has 0 fully saturated rings. The van der Waals surface area contributed by atoms with Crippen LogP contribution in [0.1, 0.15) is 23.4 Å². The van der Waals surface area contributed by atoms with Gasteiger partial charge in [0.05, 0.1) is 22.4 Å². The Morgan fingerprint density at radius 1 is 0.963 bits per heavy atom. The van der Waals surface area contributed by atoms with E-state index in [0.29, 0.717) is 5.56 Å². The first-order valence-electron chi connectivity index (χ1n) is 9.19. The van der Waals surface area contributed by atoms with Crippen molar-refractivity contribution in [3.05, 3.63) is 65.5 Å². The maximum Gasteiger partial charge on any atom is 0.126 e. The number of nitrogens with zero attached hydrogens (tertiary/aromatic N) is 4. The third-order valence-corrected chi connectivity index (χ3v) is 5.33. The van der Waals surface area contributed by atoms with Gasteiger partial charge in [-0.1, -0.05) is 6.07 Å². The van der Waals surface area contributed by atoms with Gasteiger partial charge in [-0.25, -0.2) is 9.37 Å². The molecule has 4 aromatic rings. The van der Waals surface area contributed by atoms with Crippen molar-refractivity contribution in [1.82, 2.24) is 19.5 Å². The van der Waals surface area contributed by atoms with Crippen molar-refractivity contribution in [2.24, 2.45) is 0 Å². The molecule has 0 N–H and O–H groups in total. The standard InChI is InChI=1S/C22H19FN4/c1-13-11-17(23)14(2)10-16(13)21-22(27-9-3-4-20(27)26-21)15-5-6-18-19(12-15)25-8-7-24-18/h5-8,10-12H,3-4,9H2,1-2H3. The minimum atomic E-state index is -0.175. The monoisotopic (exact) mass is 358 g/mol. The molecule has 0 radical (unpaired) electrons. The third kappa shape index (κ3) is 2.53. The van der Waals surface area contributed by atoms with Crippen LogP contribution in [-0.2, 0) is 13.0 Å². The lowest BCUT2D eigenvalue weighted by molar-refractivity contribution is 0.617. The summed E-state index contributed by atoms with van der Waals surface area (Å²) >= 11 is 0. The lowest BCUT2D eigenvalue weighted by Crippen LogP contribution is -1.98. The molecule has 27 heavy (non-hydrogen) atoms. The summed E-state index contributed by atoms with van der Waals surface area (Å²) in [4.78, 5) is 13.8. The number of aromatic nitrogens is 4. The molecule has 134 valence electrons. The van der Waals surface area contributed by atoms with E-state index in [9.17, 15) is 4.39 Å². The average Bonchev–Trinajstić information content (AvgIpc) is 3.25. The van der Waals surface area contributed by atoms with Crippen LogP contribution < -0.4 is 0 Å². The fourth-order valence-electron chi connectivity index (χ4n) is 3.95. The van der Waals surface area contributed by atoms with Crippen LogP contribution in [0.15, 0.2) is 42.7 Å². The van der Waals surface area contributed by atoms with Crippen molar-refractivity contribution in [2.45, 2.75) is 33.2 Å². The average molecular weight is 358 g/mol. The predicted molar refractivity (Wildman–Crippen MR) is 104 cm³/mol. The van der Waals surface area contributed by atoms with Crippen molar-refractivity contribution in [3.63, 3.8) is 0 Å². The molecule has 4 nitrogen and oxygen atoms in total. The summed E-state index contributed by atoms with van der Waals surface area (Å²) in [5.41, 5.74) is 7.35. The first-order valence-corrected chi connectivity index (χ1v) is 9.19. The quantitative estimate of drug-likeness (QED) is 0.514. The van der Waals surface area contributed by atoms with E-state index in [2.05, 4.69) is 26.7 Å². The minimum Gasteiger partial charge on any atom is -0.327 e. The topological polar surface area (TPSA) is 43.6 Å². The second kappa shape index (κ2) is 5.98. The van der Waals surface area contributed by atoms with Crippen LogP contribution in [-0.4, -0.2) is 19.5 Å². The maximum absolute atomic E-state index is 14.0. The highest BCUT2D eigenvalue weighted by Gasteiger charge is 2.24. The molecule has 3 heterocycles. The van der Waals surface area contributed by atoms with Gasteiger partial charge < -0.3 is 4.57 Å². The van der Waals surface area contributed by atoms with E-state index in [-0.39, 0.29) is 5.82 Å². The molecule has 0 saturated carbocycles. The van der Waals surface area contributed by atoms with Gasteiger partial charge in [-0.05, 0) is 55.7 Å². The van der Waals surface area contributed by atoms with Gasteiger partial charge in [-0.2, -0.15) is 0 Å². The number of fused-ring (bicyclic) bond motifs is 2. The number of hydrogen-bond acceptors (Lipinski definition) is 3. The number of benzene rings is 2. The molecule has 0 unspecified atom stereocenters. The van der Waals surface area contributed by atoms with Crippen molar-refractivity contribution < 1.29 is 4.39 Å². The Hall–Kier alpha value is -3.08. The molecule has 2 aromatic heterocycles. The Balaban J connectivity index is 1.78. The van der Waals surface area contributed by atoms with E-state index in [1.54, 1.807) is 25.4 Å². The summed E-state index contributed by atoms with van der Waals surface area (Å²) in [6.45, 7) is 4.70. The zero-order valence-corrected chi connectivity index (χ0v) is 15.3. The van der Waals surface area contributed by atoms with Crippen LogP contribution in [0.3, 0.4) is 0 Å². The summed E-state index contributed by atoms with van der Waals surface area (Å²) in [5.74, 6) is 0.922. The SMILES string of the molecule is Cc1cc(-c2nc3n(c2-c2ccc4nccnc4c2)CCC3)c(C)cc1F. The van der Waals surface area contributed by atoms with Crippen LogP contribution >= 0.6 is 0 Å². The van der Waals surface area contributed by atoms with E-state index in [1.807, 2.05) is 19.1 Å². The summed E-state index contributed by atoms with van der Waals surface area (Å²) in [6.07, 6.45) is 5.49. The molecular weight excluding hydrogens is 339 g/mol. The van der Waals surface area contributed by atoms with E-state index < -0.39 is 0 Å². The van der Waals surface area contributed by atoms with E-state index in [0.717, 1.165) is 64.3 Å².